The molecule has 1 saturated carbocycles. The fourth-order valence-corrected chi connectivity index (χ4v) is 5.25. The highest BCUT2D eigenvalue weighted by Crippen LogP contribution is 2.41. The lowest BCUT2D eigenvalue weighted by Gasteiger charge is -2.15. The molecule has 2 aliphatic rings. The van der Waals surface area contributed by atoms with Gasteiger partial charge in [-0.3, -0.25) is 4.98 Å². The fourth-order valence-electron chi connectivity index (χ4n) is 3.99. The van der Waals surface area contributed by atoms with Crippen molar-refractivity contribution in [2.45, 2.75) is 51.0 Å². The summed E-state index contributed by atoms with van der Waals surface area (Å²) >= 11 is 1.86. The summed E-state index contributed by atoms with van der Waals surface area (Å²) in [4.78, 5) is 16.7. The molecule has 5 heteroatoms. The van der Waals surface area contributed by atoms with E-state index in [-0.39, 0.29) is 0 Å². The quantitative estimate of drug-likeness (QED) is 0.759. The molecule has 3 heterocycles. The van der Waals surface area contributed by atoms with Crippen molar-refractivity contribution in [1.82, 2.24) is 15.0 Å². The molecule has 0 aliphatic heterocycles. The van der Waals surface area contributed by atoms with Crippen LogP contribution in [0, 0.1) is 0 Å². The molecule has 0 unspecified atom stereocenters. The Labute approximate surface area is 145 Å². The SMILES string of the molecule is c1cncc(-c2nc(NC3CCCC3)c3c4c(sc3n2)CCC4)c1. The second-order valence-corrected chi connectivity index (χ2v) is 7.88. The van der Waals surface area contributed by atoms with Crippen LogP contribution in [0.25, 0.3) is 21.6 Å². The summed E-state index contributed by atoms with van der Waals surface area (Å²) in [6.07, 6.45) is 12.4. The molecule has 0 saturated heterocycles. The number of aromatic nitrogens is 3. The zero-order valence-corrected chi connectivity index (χ0v) is 14.4. The highest BCUT2D eigenvalue weighted by Gasteiger charge is 2.24. The molecule has 0 aromatic carbocycles. The average molecular weight is 336 g/mol. The lowest BCUT2D eigenvalue weighted by Crippen LogP contribution is -2.16. The van der Waals surface area contributed by atoms with Crippen LogP contribution < -0.4 is 5.32 Å². The van der Waals surface area contributed by atoms with Crippen LogP contribution in [0.1, 0.15) is 42.5 Å². The largest absolute Gasteiger partial charge is 0.367 e. The van der Waals surface area contributed by atoms with Crippen molar-refractivity contribution >= 4 is 27.4 Å². The standard InChI is InChI=1S/C19H20N4S/c1-2-7-13(6-1)21-18-16-14-8-3-9-15(14)24-19(16)23-17(22-18)12-5-4-10-20-11-12/h4-5,10-11,13H,1-3,6-9H2,(H,21,22,23). The third-order valence-corrected chi connectivity index (χ3v) is 6.37. The monoisotopic (exact) mass is 336 g/mol. The Morgan fingerprint density at radius 2 is 2.00 bits per heavy atom. The first-order valence-corrected chi connectivity index (χ1v) is 9.69. The predicted molar refractivity (Wildman–Crippen MR) is 98.5 cm³/mol. The highest BCUT2D eigenvalue weighted by atomic mass is 32.1. The number of nitrogens with one attached hydrogen (secondary N) is 1. The molecule has 2 aliphatic carbocycles. The third-order valence-electron chi connectivity index (χ3n) is 5.18. The molecule has 24 heavy (non-hydrogen) atoms. The van der Waals surface area contributed by atoms with Crippen molar-refractivity contribution in [3.63, 3.8) is 0 Å². The van der Waals surface area contributed by atoms with Crippen LogP contribution in [0.15, 0.2) is 24.5 Å². The maximum absolute atomic E-state index is 4.93. The van der Waals surface area contributed by atoms with E-state index in [0.717, 1.165) is 22.0 Å². The van der Waals surface area contributed by atoms with Gasteiger partial charge in [-0.15, -0.1) is 11.3 Å². The number of pyridine rings is 1. The van der Waals surface area contributed by atoms with Crippen LogP contribution in [-0.4, -0.2) is 21.0 Å². The van der Waals surface area contributed by atoms with Crippen LogP contribution in [-0.2, 0) is 12.8 Å². The minimum Gasteiger partial charge on any atom is -0.367 e. The van der Waals surface area contributed by atoms with Gasteiger partial charge in [0.05, 0.1) is 5.39 Å². The van der Waals surface area contributed by atoms with Gasteiger partial charge < -0.3 is 5.32 Å². The van der Waals surface area contributed by atoms with E-state index in [1.807, 2.05) is 29.7 Å². The molecule has 4 nitrogen and oxygen atoms in total. The number of hydrogen-bond acceptors (Lipinski definition) is 5. The van der Waals surface area contributed by atoms with Gasteiger partial charge in [-0.1, -0.05) is 12.8 Å². The van der Waals surface area contributed by atoms with Crippen molar-refractivity contribution in [2.75, 3.05) is 5.32 Å². The molecular weight excluding hydrogens is 316 g/mol. The van der Waals surface area contributed by atoms with Crippen LogP contribution in [0.2, 0.25) is 0 Å². The Balaban J connectivity index is 1.67. The molecule has 0 radical (unpaired) electrons. The fraction of sp³-hybridized carbons (Fsp3) is 0.421. The lowest BCUT2D eigenvalue weighted by atomic mass is 10.1. The topological polar surface area (TPSA) is 50.7 Å². The second kappa shape index (κ2) is 5.81. The summed E-state index contributed by atoms with van der Waals surface area (Å²) in [5.41, 5.74) is 2.48. The maximum atomic E-state index is 4.93. The average Bonchev–Trinajstić information content (AvgIpc) is 3.32. The van der Waals surface area contributed by atoms with Crippen LogP contribution in [0.5, 0.6) is 0 Å². The highest BCUT2D eigenvalue weighted by molar-refractivity contribution is 7.19. The van der Waals surface area contributed by atoms with E-state index in [0.29, 0.717) is 6.04 Å². The summed E-state index contributed by atoms with van der Waals surface area (Å²) in [6.45, 7) is 0. The number of aryl methyl sites for hydroxylation is 2. The van der Waals surface area contributed by atoms with Gasteiger partial charge >= 0.3 is 0 Å². The number of anilines is 1. The molecule has 0 spiro atoms. The number of hydrogen-bond donors (Lipinski definition) is 1. The normalized spacial score (nSPS) is 17.5. The second-order valence-electron chi connectivity index (χ2n) is 6.80. The van der Waals surface area contributed by atoms with E-state index in [2.05, 4.69) is 10.3 Å². The molecule has 5 rings (SSSR count). The lowest BCUT2D eigenvalue weighted by molar-refractivity contribution is 0.751. The number of fused-ring (bicyclic) bond motifs is 3. The van der Waals surface area contributed by atoms with Crippen molar-refractivity contribution < 1.29 is 0 Å². The first-order chi connectivity index (χ1) is 11.9. The van der Waals surface area contributed by atoms with Gasteiger partial charge in [0.25, 0.3) is 0 Å². The molecule has 0 atom stereocenters. The van der Waals surface area contributed by atoms with Gasteiger partial charge in [-0.25, -0.2) is 9.97 Å². The minimum absolute atomic E-state index is 0.557. The summed E-state index contributed by atoms with van der Waals surface area (Å²) in [7, 11) is 0. The van der Waals surface area contributed by atoms with Crippen molar-refractivity contribution in [2.24, 2.45) is 0 Å². The summed E-state index contributed by atoms with van der Waals surface area (Å²) in [5.74, 6) is 1.83. The van der Waals surface area contributed by atoms with E-state index in [1.165, 1.54) is 60.8 Å². The van der Waals surface area contributed by atoms with Gasteiger partial charge in [0.2, 0.25) is 0 Å². The van der Waals surface area contributed by atoms with Gasteiger partial charge in [-0.05, 0) is 49.8 Å². The van der Waals surface area contributed by atoms with E-state index in [9.17, 15) is 0 Å². The molecule has 1 N–H and O–H groups in total. The number of thiophene rings is 1. The molecule has 1 fully saturated rings. The van der Waals surface area contributed by atoms with Gasteiger partial charge in [0.1, 0.15) is 10.6 Å². The summed E-state index contributed by atoms with van der Waals surface area (Å²) in [6, 6.07) is 4.54. The van der Waals surface area contributed by atoms with Gasteiger partial charge in [-0.2, -0.15) is 0 Å². The van der Waals surface area contributed by atoms with E-state index < -0.39 is 0 Å². The van der Waals surface area contributed by atoms with Gasteiger partial charge in [0.15, 0.2) is 5.82 Å². The van der Waals surface area contributed by atoms with E-state index >= 15 is 0 Å². The Morgan fingerprint density at radius 1 is 1.08 bits per heavy atom. The molecule has 3 aromatic heterocycles. The Morgan fingerprint density at radius 3 is 2.83 bits per heavy atom. The van der Waals surface area contributed by atoms with Crippen LogP contribution in [0.4, 0.5) is 5.82 Å². The summed E-state index contributed by atoms with van der Waals surface area (Å²) in [5, 5.41) is 5.03. The first-order valence-electron chi connectivity index (χ1n) is 8.88. The van der Waals surface area contributed by atoms with Crippen LogP contribution in [0.3, 0.4) is 0 Å². The Bertz CT molecular complexity index is 881. The van der Waals surface area contributed by atoms with E-state index in [4.69, 9.17) is 9.97 Å². The van der Waals surface area contributed by atoms with Crippen molar-refractivity contribution in [1.29, 1.82) is 0 Å². The number of nitrogens with zero attached hydrogens (tertiary/aromatic N) is 3. The number of rotatable bonds is 3. The zero-order chi connectivity index (χ0) is 15.9. The molecule has 0 bridgehead atoms. The Hall–Kier alpha value is -2.01. The zero-order valence-electron chi connectivity index (χ0n) is 13.6. The third kappa shape index (κ3) is 2.38. The van der Waals surface area contributed by atoms with E-state index in [1.54, 1.807) is 6.20 Å². The van der Waals surface area contributed by atoms with Crippen LogP contribution >= 0.6 is 11.3 Å². The summed E-state index contributed by atoms with van der Waals surface area (Å²) < 4.78 is 0. The molecule has 0 amide bonds. The predicted octanol–water partition coefficient (Wildman–Crippen LogP) is 4.60. The minimum atomic E-state index is 0.557. The molecular formula is C19H20N4S. The van der Waals surface area contributed by atoms with Gasteiger partial charge in [0, 0.05) is 28.9 Å². The van der Waals surface area contributed by atoms with Crippen molar-refractivity contribution in [3.8, 4) is 11.4 Å². The van der Waals surface area contributed by atoms with Crippen molar-refractivity contribution in [3.05, 3.63) is 35.0 Å². The molecule has 122 valence electrons. The first kappa shape index (κ1) is 14.3. The maximum Gasteiger partial charge on any atom is 0.164 e. The smallest absolute Gasteiger partial charge is 0.164 e. The Kier molecular flexibility index (Phi) is 3.47. The molecule has 3 aromatic rings.